The summed E-state index contributed by atoms with van der Waals surface area (Å²) in [5.41, 5.74) is -0.128. The molecule has 0 fully saturated rings. The van der Waals surface area contributed by atoms with Crippen molar-refractivity contribution in [1.29, 1.82) is 5.26 Å². The van der Waals surface area contributed by atoms with Gasteiger partial charge in [0.1, 0.15) is 11.8 Å². The second kappa shape index (κ2) is 5.87. The van der Waals surface area contributed by atoms with E-state index in [1.165, 1.54) is 10.9 Å². The van der Waals surface area contributed by atoms with Crippen LogP contribution in [0.1, 0.15) is 16.8 Å². The van der Waals surface area contributed by atoms with Crippen LogP contribution in [0, 0.1) is 11.3 Å². The lowest BCUT2D eigenvalue weighted by Gasteiger charge is -2.13. The Morgan fingerprint density at radius 1 is 1.29 bits per heavy atom. The highest BCUT2D eigenvalue weighted by atomic mass is 79.9. The van der Waals surface area contributed by atoms with Gasteiger partial charge in [0, 0.05) is 5.33 Å². The standard InChI is InChI=1S/C12H5BrCl2F3N3/c13-3-10-6(4-19)5-20-21(10)11-8(14)1-7(2-9(11)15)12(16,17)18/h1-2,5H,3H2. The monoisotopic (exact) mass is 397 g/mol. The Morgan fingerprint density at radius 2 is 1.86 bits per heavy atom. The summed E-state index contributed by atoms with van der Waals surface area (Å²) in [5.74, 6) is 0. The van der Waals surface area contributed by atoms with Crippen LogP contribution in [0.4, 0.5) is 13.2 Å². The van der Waals surface area contributed by atoms with E-state index in [0.717, 1.165) is 12.1 Å². The number of hydrogen-bond acceptors (Lipinski definition) is 2. The molecule has 3 nitrogen and oxygen atoms in total. The van der Waals surface area contributed by atoms with Crippen LogP contribution in [0.15, 0.2) is 18.3 Å². The largest absolute Gasteiger partial charge is 0.416 e. The van der Waals surface area contributed by atoms with Crippen molar-refractivity contribution in [2.45, 2.75) is 11.5 Å². The van der Waals surface area contributed by atoms with Crippen molar-refractivity contribution in [3.05, 3.63) is 45.2 Å². The molecule has 0 aliphatic rings. The van der Waals surface area contributed by atoms with Gasteiger partial charge in [-0.15, -0.1) is 0 Å². The lowest BCUT2D eigenvalue weighted by molar-refractivity contribution is -0.137. The molecule has 0 amide bonds. The van der Waals surface area contributed by atoms with Gasteiger partial charge in [-0.05, 0) is 12.1 Å². The second-order valence-corrected chi connectivity index (χ2v) is 5.32. The minimum absolute atomic E-state index is 0.0993. The molecule has 0 aliphatic heterocycles. The number of benzene rings is 1. The summed E-state index contributed by atoms with van der Waals surface area (Å²) in [5, 5.41) is 12.8. The zero-order valence-electron chi connectivity index (χ0n) is 10.0. The van der Waals surface area contributed by atoms with Crippen molar-refractivity contribution in [2.75, 3.05) is 0 Å². The summed E-state index contributed by atoms with van der Waals surface area (Å²) in [6.45, 7) is 0. The first kappa shape index (κ1) is 16.1. The molecule has 0 N–H and O–H groups in total. The SMILES string of the molecule is N#Cc1cnn(-c2c(Cl)cc(C(F)(F)F)cc2Cl)c1CBr. The van der Waals surface area contributed by atoms with Gasteiger partial charge in [0.25, 0.3) is 0 Å². The molecular formula is C12H5BrCl2F3N3. The van der Waals surface area contributed by atoms with Gasteiger partial charge in [-0.1, -0.05) is 39.1 Å². The highest BCUT2D eigenvalue weighted by molar-refractivity contribution is 9.08. The molecule has 21 heavy (non-hydrogen) atoms. The van der Waals surface area contributed by atoms with Crippen molar-refractivity contribution < 1.29 is 13.2 Å². The molecule has 0 saturated heterocycles. The first-order valence-corrected chi connectivity index (χ1v) is 7.27. The predicted octanol–water partition coefficient (Wildman–Crippen LogP) is 4.96. The van der Waals surface area contributed by atoms with Crippen LogP contribution in [-0.4, -0.2) is 9.78 Å². The Bertz CT molecular complexity index is 711. The molecule has 0 unspecified atom stereocenters. The zero-order valence-corrected chi connectivity index (χ0v) is 13.1. The second-order valence-electron chi connectivity index (χ2n) is 3.95. The van der Waals surface area contributed by atoms with Crippen LogP contribution in [-0.2, 0) is 11.5 Å². The number of nitriles is 1. The predicted molar refractivity (Wildman–Crippen MR) is 75.9 cm³/mol. The first-order chi connectivity index (χ1) is 9.79. The molecule has 2 rings (SSSR count). The lowest BCUT2D eigenvalue weighted by atomic mass is 10.2. The maximum absolute atomic E-state index is 12.7. The number of rotatable bonds is 2. The number of nitrogens with zero attached hydrogens (tertiary/aromatic N) is 3. The third-order valence-corrected chi connectivity index (χ3v) is 3.78. The van der Waals surface area contributed by atoms with Gasteiger partial charge in [0.05, 0.1) is 33.1 Å². The van der Waals surface area contributed by atoms with Crippen LogP contribution < -0.4 is 0 Å². The normalized spacial score (nSPS) is 11.5. The van der Waals surface area contributed by atoms with E-state index in [1.54, 1.807) is 0 Å². The minimum Gasteiger partial charge on any atom is -0.233 e. The van der Waals surface area contributed by atoms with Crippen molar-refractivity contribution in [3.8, 4) is 11.8 Å². The van der Waals surface area contributed by atoms with Crippen molar-refractivity contribution in [1.82, 2.24) is 9.78 Å². The fourth-order valence-electron chi connectivity index (χ4n) is 1.72. The average Bonchev–Trinajstić information content (AvgIpc) is 2.79. The van der Waals surface area contributed by atoms with E-state index >= 15 is 0 Å². The molecule has 0 radical (unpaired) electrons. The van der Waals surface area contributed by atoms with Gasteiger partial charge >= 0.3 is 6.18 Å². The maximum atomic E-state index is 12.7. The lowest BCUT2D eigenvalue weighted by Crippen LogP contribution is -2.08. The molecular weight excluding hydrogens is 394 g/mol. The molecule has 1 aromatic carbocycles. The molecule has 0 spiro atoms. The highest BCUT2D eigenvalue weighted by Gasteiger charge is 2.32. The van der Waals surface area contributed by atoms with Crippen molar-refractivity contribution in [2.24, 2.45) is 0 Å². The Hall–Kier alpha value is -1.23. The summed E-state index contributed by atoms with van der Waals surface area (Å²) in [6, 6.07) is 3.48. The average molecular weight is 399 g/mol. The third-order valence-electron chi connectivity index (χ3n) is 2.67. The summed E-state index contributed by atoms with van der Waals surface area (Å²) >= 11 is 15.0. The molecule has 9 heteroatoms. The van der Waals surface area contributed by atoms with Crippen LogP contribution in [0.5, 0.6) is 0 Å². The van der Waals surface area contributed by atoms with E-state index < -0.39 is 11.7 Å². The number of aromatic nitrogens is 2. The zero-order chi connectivity index (χ0) is 15.8. The topological polar surface area (TPSA) is 41.6 Å². The van der Waals surface area contributed by atoms with Crippen LogP contribution in [0.3, 0.4) is 0 Å². The molecule has 0 atom stereocenters. The van der Waals surface area contributed by atoms with Crippen LogP contribution >= 0.6 is 39.1 Å². The van der Waals surface area contributed by atoms with Gasteiger partial charge in [0.2, 0.25) is 0 Å². The molecule has 2 aromatic rings. The van der Waals surface area contributed by atoms with Gasteiger partial charge in [-0.2, -0.15) is 23.5 Å². The van der Waals surface area contributed by atoms with Crippen LogP contribution in [0.25, 0.3) is 5.69 Å². The number of hydrogen-bond donors (Lipinski definition) is 0. The maximum Gasteiger partial charge on any atom is 0.416 e. The minimum atomic E-state index is -4.55. The van der Waals surface area contributed by atoms with E-state index in [9.17, 15) is 13.2 Å². The Labute approximate surface area is 136 Å². The molecule has 0 bridgehead atoms. The van der Waals surface area contributed by atoms with Crippen molar-refractivity contribution >= 4 is 39.1 Å². The molecule has 1 aromatic heterocycles. The van der Waals surface area contributed by atoms with E-state index in [-0.39, 0.29) is 26.6 Å². The van der Waals surface area contributed by atoms with E-state index in [2.05, 4.69) is 21.0 Å². The van der Waals surface area contributed by atoms with Crippen LogP contribution in [0.2, 0.25) is 10.0 Å². The Balaban J connectivity index is 2.67. The fourth-order valence-corrected chi connectivity index (χ4v) is 2.91. The van der Waals surface area contributed by atoms with E-state index in [1.807, 2.05) is 6.07 Å². The van der Waals surface area contributed by atoms with Gasteiger partial charge in [-0.3, -0.25) is 0 Å². The summed E-state index contributed by atoms with van der Waals surface area (Å²) < 4.78 is 39.3. The summed E-state index contributed by atoms with van der Waals surface area (Å²) in [7, 11) is 0. The first-order valence-electron chi connectivity index (χ1n) is 5.39. The van der Waals surface area contributed by atoms with E-state index in [0.29, 0.717) is 5.69 Å². The molecule has 0 aliphatic carbocycles. The van der Waals surface area contributed by atoms with Gasteiger partial charge in [0.15, 0.2) is 0 Å². The van der Waals surface area contributed by atoms with Gasteiger partial charge in [-0.25, -0.2) is 4.68 Å². The summed E-state index contributed by atoms with van der Waals surface area (Å²) in [6.07, 6.45) is -3.26. The highest BCUT2D eigenvalue weighted by Crippen LogP contribution is 2.38. The molecule has 0 saturated carbocycles. The van der Waals surface area contributed by atoms with E-state index in [4.69, 9.17) is 28.5 Å². The molecule has 1 heterocycles. The summed E-state index contributed by atoms with van der Waals surface area (Å²) in [4.78, 5) is 0. The Morgan fingerprint density at radius 3 is 2.29 bits per heavy atom. The fraction of sp³-hybridized carbons (Fsp3) is 0.167. The third kappa shape index (κ3) is 3.03. The Kier molecular flexibility index (Phi) is 4.51. The smallest absolute Gasteiger partial charge is 0.233 e. The number of alkyl halides is 4. The number of halogens is 6. The molecule has 110 valence electrons. The van der Waals surface area contributed by atoms with Crippen molar-refractivity contribution in [3.63, 3.8) is 0 Å². The van der Waals surface area contributed by atoms with Gasteiger partial charge < -0.3 is 0 Å². The quantitative estimate of drug-likeness (QED) is 0.670.